The van der Waals surface area contributed by atoms with E-state index in [9.17, 15) is 9.59 Å². The standard InChI is InChI=1S/C23H26N4O4S.H2/c1-15-2-4-19(22(28)25-15)27-12-17-18(23(27)29)14-32-20(17)13-31-21-5-3-16(10-24-21)11-26-6-8-30-9-7-26;/h3,5,10,14,19H,1-2,4,6-9,11-13H2,(H,25,28);1H/t19-;/m0./s1. The summed E-state index contributed by atoms with van der Waals surface area (Å²) in [4.78, 5) is 34.7. The van der Waals surface area contributed by atoms with E-state index < -0.39 is 6.04 Å². The second-order valence-corrected chi connectivity index (χ2v) is 9.28. The monoisotopic (exact) mass is 456 g/mol. The summed E-state index contributed by atoms with van der Waals surface area (Å²) >= 11 is 1.52. The van der Waals surface area contributed by atoms with E-state index in [0.717, 1.165) is 48.9 Å². The van der Waals surface area contributed by atoms with Crippen LogP contribution in [0.15, 0.2) is 36.0 Å². The molecule has 0 bridgehead atoms. The lowest BCUT2D eigenvalue weighted by molar-refractivity contribution is -0.126. The Kier molecular flexibility index (Phi) is 5.95. The number of allylic oxidation sites excluding steroid dienone is 1. The van der Waals surface area contributed by atoms with Gasteiger partial charge < -0.3 is 19.7 Å². The van der Waals surface area contributed by atoms with Gasteiger partial charge in [0.05, 0.1) is 18.8 Å². The van der Waals surface area contributed by atoms with Gasteiger partial charge in [-0.3, -0.25) is 14.5 Å². The van der Waals surface area contributed by atoms with Crippen LogP contribution in [0.5, 0.6) is 5.88 Å². The number of carbonyl (C=O) groups excluding carboxylic acids is 2. The van der Waals surface area contributed by atoms with Crippen LogP contribution in [0.25, 0.3) is 0 Å². The number of rotatable bonds is 6. The lowest BCUT2D eigenvalue weighted by Gasteiger charge is -2.31. The molecule has 9 heteroatoms. The topological polar surface area (TPSA) is 84.0 Å². The van der Waals surface area contributed by atoms with Gasteiger partial charge in [0.25, 0.3) is 5.91 Å². The Morgan fingerprint density at radius 2 is 2.16 bits per heavy atom. The fourth-order valence-corrected chi connectivity index (χ4v) is 5.30. The zero-order chi connectivity index (χ0) is 22.1. The molecule has 0 spiro atoms. The predicted octanol–water partition coefficient (Wildman–Crippen LogP) is 2.55. The van der Waals surface area contributed by atoms with Crippen molar-refractivity contribution in [2.45, 2.75) is 38.6 Å². The minimum atomic E-state index is -0.445. The number of hydrogen-bond acceptors (Lipinski definition) is 7. The number of aromatic nitrogens is 1. The molecule has 0 unspecified atom stereocenters. The third-order valence-corrected chi connectivity index (χ3v) is 7.16. The maximum atomic E-state index is 12.9. The summed E-state index contributed by atoms with van der Waals surface area (Å²) in [5.74, 6) is 0.326. The van der Waals surface area contributed by atoms with Crippen molar-refractivity contribution < 1.29 is 20.5 Å². The van der Waals surface area contributed by atoms with E-state index in [4.69, 9.17) is 9.47 Å². The summed E-state index contributed by atoms with van der Waals surface area (Å²) in [5, 5.41) is 4.64. The number of thiophene rings is 1. The van der Waals surface area contributed by atoms with E-state index in [2.05, 4.69) is 21.8 Å². The van der Waals surface area contributed by atoms with Gasteiger partial charge in [-0.2, -0.15) is 0 Å². The third-order valence-electron chi connectivity index (χ3n) is 6.16. The average molecular weight is 457 g/mol. The first-order chi connectivity index (χ1) is 15.6. The molecular formula is C23H28N4O4S. The highest BCUT2D eigenvalue weighted by molar-refractivity contribution is 7.10. The van der Waals surface area contributed by atoms with Crippen LogP contribution in [0, 0.1) is 0 Å². The van der Waals surface area contributed by atoms with Crippen molar-refractivity contribution in [1.82, 2.24) is 20.1 Å². The van der Waals surface area contributed by atoms with Crippen LogP contribution in [0.1, 0.15) is 40.6 Å². The zero-order valence-corrected chi connectivity index (χ0v) is 18.7. The molecule has 1 N–H and O–H groups in total. The number of amides is 2. The van der Waals surface area contributed by atoms with Gasteiger partial charge in [0, 0.05) is 61.4 Å². The fourth-order valence-electron chi connectivity index (χ4n) is 4.35. The van der Waals surface area contributed by atoms with Crippen molar-refractivity contribution in [3.05, 3.63) is 57.6 Å². The lowest BCUT2D eigenvalue weighted by atomic mass is 10.0. The Hall–Kier alpha value is -2.75. The van der Waals surface area contributed by atoms with Crippen LogP contribution in [-0.2, 0) is 29.2 Å². The number of piperidine rings is 1. The first kappa shape index (κ1) is 21.1. The molecule has 1 atom stereocenters. The van der Waals surface area contributed by atoms with Gasteiger partial charge in [0.2, 0.25) is 11.8 Å². The van der Waals surface area contributed by atoms with Crippen molar-refractivity contribution >= 4 is 23.2 Å². The molecule has 2 amide bonds. The molecule has 2 aromatic rings. The largest absolute Gasteiger partial charge is 0.472 e. The maximum Gasteiger partial charge on any atom is 0.256 e. The minimum Gasteiger partial charge on any atom is -0.472 e. The highest BCUT2D eigenvalue weighted by atomic mass is 32.1. The van der Waals surface area contributed by atoms with Crippen molar-refractivity contribution in [3.63, 3.8) is 0 Å². The molecule has 3 aliphatic heterocycles. The van der Waals surface area contributed by atoms with Crippen molar-refractivity contribution in [3.8, 4) is 5.88 Å². The molecule has 0 radical (unpaired) electrons. The summed E-state index contributed by atoms with van der Waals surface area (Å²) in [6.07, 6.45) is 3.15. The van der Waals surface area contributed by atoms with Crippen LogP contribution < -0.4 is 10.1 Å². The van der Waals surface area contributed by atoms with Crippen molar-refractivity contribution in [2.24, 2.45) is 0 Å². The second kappa shape index (κ2) is 9.01. The van der Waals surface area contributed by atoms with Gasteiger partial charge in [-0.15, -0.1) is 11.3 Å². The number of nitrogens with zero attached hydrogens (tertiary/aromatic N) is 3. The quantitative estimate of drug-likeness (QED) is 0.719. The molecule has 0 saturated carbocycles. The summed E-state index contributed by atoms with van der Waals surface area (Å²) in [7, 11) is 0. The SMILES string of the molecule is C=C1CC[C@H](N2Cc3c(csc3COc3ccc(CN4CCOCC4)cn3)C2=O)C(=O)N1.[HH]. The highest BCUT2D eigenvalue weighted by Crippen LogP contribution is 2.34. The van der Waals surface area contributed by atoms with Gasteiger partial charge >= 0.3 is 0 Å². The van der Waals surface area contributed by atoms with Gasteiger partial charge in [-0.25, -0.2) is 4.98 Å². The summed E-state index contributed by atoms with van der Waals surface area (Å²) in [6.45, 7) is 8.89. The van der Waals surface area contributed by atoms with E-state index in [-0.39, 0.29) is 13.2 Å². The summed E-state index contributed by atoms with van der Waals surface area (Å²) in [5.41, 5.74) is 3.50. The summed E-state index contributed by atoms with van der Waals surface area (Å²) in [6, 6.07) is 3.48. The van der Waals surface area contributed by atoms with Gasteiger partial charge in [-0.1, -0.05) is 12.6 Å². The molecule has 5 rings (SSSR count). The molecule has 32 heavy (non-hydrogen) atoms. The smallest absolute Gasteiger partial charge is 0.256 e. The highest BCUT2D eigenvalue weighted by Gasteiger charge is 2.39. The maximum absolute atomic E-state index is 12.9. The normalized spacial score (nSPS) is 21.6. The second-order valence-electron chi connectivity index (χ2n) is 8.31. The average Bonchev–Trinajstić information content (AvgIpc) is 3.34. The van der Waals surface area contributed by atoms with E-state index in [1.165, 1.54) is 11.3 Å². The number of fused-ring (bicyclic) bond motifs is 1. The van der Waals surface area contributed by atoms with Crippen LogP contribution >= 0.6 is 11.3 Å². The first-order valence-corrected chi connectivity index (χ1v) is 11.7. The molecule has 2 saturated heterocycles. The number of pyridine rings is 1. The Morgan fingerprint density at radius 1 is 1.31 bits per heavy atom. The molecule has 0 aromatic carbocycles. The van der Waals surface area contributed by atoms with E-state index >= 15 is 0 Å². The number of morpholine rings is 1. The zero-order valence-electron chi connectivity index (χ0n) is 17.8. The molecule has 0 aliphatic carbocycles. The van der Waals surface area contributed by atoms with Crippen LogP contribution in [0.2, 0.25) is 0 Å². The summed E-state index contributed by atoms with van der Waals surface area (Å²) < 4.78 is 11.3. The van der Waals surface area contributed by atoms with Crippen LogP contribution in [0.4, 0.5) is 0 Å². The van der Waals surface area contributed by atoms with Gasteiger partial charge in [-0.05, 0) is 18.4 Å². The third kappa shape index (κ3) is 4.28. The molecule has 8 nitrogen and oxygen atoms in total. The first-order valence-electron chi connectivity index (χ1n) is 10.8. The van der Waals surface area contributed by atoms with Crippen LogP contribution in [-0.4, -0.2) is 58.9 Å². The number of ether oxygens (including phenoxy) is 2. The van der Waals surface area contributed by atoms with E-state index in [1.807, 2.05) is 23.7 Å². The number of nitrogens with one attached hydrogen (secondary N) is 1. The molecular weight excluding hydrogens is 428 g/mol. The Morgan fingerprint density at radius 3 is 2.91 bits per heavy atom. The molecule has 3 aliphatic rings. The van der Waals surface area contributed by atoms with Gasteiger partial charge in [0.1, 0.15) is 12.6 Å². The number of carbonyl (C=O) groups is 2. The molecule has 2 aromatic heterocycles. The molecule has 5 heterocycles. The van der Waals surface area contributed by atoms with E-state index in [0.29, 0.717) is 43.1 Å². The predicted molar refractivity (Wildman–Crippen MR) is 121 cm³/mol. The fraction of sp³-hybridized carbons (Fsp3) is 0.435. The molecule has 2 fully saturated rings. The Labute approximate surface area is 192 Å². The Bertz CT molecular complexity index is 1040. The van der Waals surface area contributed by atoms with Crippen molar-refractivity contribution in [1.29, 1.82) is 0 Å². The van der Waals surface area contributed by atoms with Crippen LogP contribution in [0.3, 0.4) is 0 Å². The molecule has 170 valence electrons. The number of hydrogen-bond donors (Lipinski definition) is 1. The van der Waals surface area contributed by atoms with Gasteiger partial charge in [0.15, 0.2) is 0 Å². The lowest BCUT2D eigenvalue weighted by Crippen LogP contribution is -2.49. The van der Waals surface area contributed by atoms with E-state index in [1.54, 1.807) is 4.90 Å². The van der Waals surface area contributed by atoms with Crippen molar-refractivity contribution in [2.75, 3.05) is 26.3 Å². The Balaban J connectivity index is 0.00000259. The minimum absolute atomic E-state index is 0.